The van der Waals surface area contributed by atoms with Gasteiger partial charge in [-0.3, -0.25) is 4.79 Å². The third kappa shape index (κ3) is 1.88. The summed E-state index contributed by atoms with van der Waals surface area (Å²) in [6.07, 6.45) is 9.12. The molecule has 4 rings (SSSR count). The zero-order chi connectivity index (χ0) is 16.4. The Balaban J connectivity index is 1.79. The number of epoxide rings is 1. The lowest BCUT2D eigenvalue weighted by molar-refractivity contribution is -0.139. The minimum absolute atomic E-state index is 0.00973. The highest BCUT2D eigenvalue weighted by Gasteiger charge is 2.77. The highest BCUT2D eigenvalue weighted by molar-refractivity contribution is 6.06. The van der Waals surface area contributed by atoms with Crippen molar-refractivity contribution < 1.29 is 19.1 Å². The molecular weight excluding hydrogens is 292 g/mol. The second-order valence-electron chi connectivity index (χ2n) is 7.10. The van der Waals surface area contributed by atoms with Crippen LogP contribution in [0.1, 0.15) is 33.1 Å². The molecule has 4 heteroatoms. The molecule has 0 amide bonds. The fourth-order valence-corrected chi connectivity index (χ4v) is 4.33. The van der Waals surface area contributed by atoms with E-state index in [9.17, 15) is 9.59 Å². The number of ether oxygens (including phenoxy) is 2. The van der Waals surface area contributed by atoms with Crippen molar-refractivity contribution in [2.45, 2.75) is 50.4 Å². The van der Waals surface area contributed by atoms with Crippen molar-refractivity contribution in [3.63, 3.8) is 0 Å². The predicted molar refractivity (Wildman–Crippen MR) is 84.6 cm³/mol. The second-order valence-corrected chi connectivity index (χ2v) is 7.10. The third-order valence-electron chi connectivity index (χ3n) is 5.40. The second kappa shape index (κ2) is 4.54. The van der Waals surface area contributed by atoms with Crippen molar-refractivity contribution in [1.82, 2.24) is 0 Å². The minimum Gasteiger partial charge on any atom is -0.454 e. The maximum Gasteiger partial charge on any atom is 0.334 e. The van der Waals surface area contributed by atoms with E-state index in [0.29, 0.717) is 24.8 Å². The number of rotatable bonds is 1. The van der Waals surface area contributed by atoms with Crippen LogP contribution >= 0.6 is 0 Å². The molecular formula is C19H20O4. The van der Waals surface area contributed by atoms with Gasteiger partial charge >= 0.3 is 5.97 Å². The van der Waals surface area contributed by atoms with E-state index < -0.39 is 11.2 Å². The summed E-state index contributed by atoms with van der Waals surface area (Å²) in [6.45, 7) is 7.99. The molecule has 1 fully saturated rings. The molecule has 4 nitrogen and oxygen atoms in total. The third-order valence-corrected chi connectivity index (χ3v) is 5.40. The first-order valence-corrected chi connectivity index (χ1v) is 8.07. The van der Waals surface area contributed by atoms with Crippen molar-refractivity contribution in [2.24, 2.45) is 5.92 Å². The minimum atomic E-state index is -0.853. The van der Waals surface area contributed by atoms with Crippen LogP contribution < -0.4 is 0 Å². The van der Waals surface area contributed by atoms with Crippen LogP contribution in [0.4, 0.5) is 0 Å². The maximum absolute atomic E-state index is 12.6. The van der Waals surface area contributed by atoms with Gasteiger partial charge in [0, 0.05) is 17.9 Å². The first-order chi connectivity index (χ1) is 10.9. The molecule has 0 unspecified atom stereocenters. The number of carbonyl (C=O) groups is 2. The summed E-state index contributed by atoms with van der Waals surface area (Å²) in [5.74, 6) is -0.337. The topological polar surface area (TPSA) is 55.9 Å². The Bertz CT molecular complexity index is 726. The lowest BCUT2D eigenvalue weighted by Crippen LogP contribution is -2.36. The van der Waals surface area contributed by atoms with Crippen LogP contribution in [-0.2, 0) is 19.1 Å². The van der Waals surface area contributed by atoms with E-state index >= 15 is 0 Å². The van der Waals surface area contributed by atoms with Gasteiger partial charge in [0.2, 0.25) is 0 Å². The summed E-state index contributed by atoms with van der Waals surface area (Å²) < 4.78 is 11.5. The number of esters is 1. The van der Waals surface area contributed by atoms with Crippen LogP contribution in [0.3, 0.4) is 0 Å². The van der Waals surface area contributed by atoms with Gasteiger partial charge in [0.15, 0.2) is 11.4 Å². The standard InChI is InChI=1S/C19H20O4/c1-11(2)15-5-4-13-9-14(22-17(13)21)8-12(3)10-18-7-6-16(20)19(15,18)23-18/h6-7,9-10,14-15H,1,4-5,8H2,2-3H3/b12-10-/t14-,15-,18+,19+/m0/s1. The molecule has 120 valence electrons. The van der Waals surface area contributed by atoms with Crippen LogP contribution in [0, 0.1) is 5.92 Å². The van der Waals surface area contributed by atoms with Crippen molar-refractivity contribution in [2.75, 3.05) is 0 Å². The van der Waals surface area contributed by atoms with Crippen molar-refractivity contribution in [3.8, 4) is 0 Å². The molecule has 0 spiro atoms. The normalized spacial score (nSPS) is 43.6. The van der Waals surface area contributed by atoms with Gasteiger partial charge in [-0.05, 0) is 51.0 Å². The first-order valence-electron chi connectivity index (χ1n) is 8.07. The molecule has 1 saturated heterocycles. The van der Waals surface area contributed by atoms with E-state index in [4.69, 9.17) is 9.47 Å². The number of hydrogen-bond donors (Lipinski definition) is 0. The van der Waals surface area contributed by atoms with Crippen molar-refractivity contribution in [1.29, 1.82) is 0 Å². The smallest absolute Gasteiger partial charge is 0.334 e. The zero-order valence-electron chi connectivity index (χ0n) is 13.4. The summed E-state index contributed by atoms with van der Waals surface area (Å²) in [6, 6.07) is 0. The van der Waals surface area contributed by atoms with Gasteiger partial charge in [0.25, 0.3) is 0 Å². The lowest BCUT2D eigenvalue weighted by atomic mass is 9.75. The zero-order valence-corrected chi connectivity index (χ0v) is 13.4. The van der Waals surface area contributed by atoms with Gasteiger partial charge in [0.1, 0.15) is 11.7 Å². The van der Waals surface area contributed by atoms with E-state index in [0.717, 1.165) is 11.1 Å². The van der Waals surface area contributed by atoms with Crippen LogP contribution in [0.15, 0.2) is 47.6 Å². The quantitative estimate of drug-likeness (QED) is 0.424. The Morgan fingerprint density at radius 2 is 2.17 bits per heavy atom. The maximum atomic E-state index is 12.6. The molecule has 4 atom stereocenters. The SMILES string of the molecule is C=C(C)[C@@H]1CCC2=C[C@H](C/C(C)=C\[C@]34C=CC(=O)[C@]13O4)OC2=O. The number of carbonyl (C=O) groups excluding carboxylic acids is 2. The molecule has 2 heterocycles. The molecule has 0 aromatic heterocycles. The van der Waals surface area contributed by atoms with Crippen LogP contribution in [0.5, 0.6) is 0 Å². The Morgan fingerprint density at radius 3 is 2.91 bits per heavy atom. The van der Waals surface area contributed by atoms with Crippen LogP contribution in [-0.4, -0.2) is 29.1 Å². The van der Waals surface area contributed by atoms with Gasteiger partial charge in [-0.1, -0.05) is 17.7 Å². The van der Waals surface area contributed by atoms with E-state index in [2.05, 4.69) is 6.58 Å². The molecule has 0 aromatic rings. The van der Waals surface area contributed by atoms with Crippen molar-refractivity contribution >= 4 is 11.8 Å². The van der Waals surface area contributed by atoms with E-state index in [1.54, 1.807) is 6.08 Å². The number of ketones is 1. The Labute approximate surface area is 135 Å². The molecule has 23 heavy (non-hydrogen) atoms. The average molecular weight is 312 g/mol. The van der Waals surface area contributed by atoms with Gasteiger partial charge < -0.3 is 9.47 Å². The molecule has 0 saturated carbocycles. The molecule has 0 aromatic carbocycles. The highest BCUT2D eigenvalue weighted by atomic mass is 16.6. The fraction of sp³-hybridized carbons (Fsp3) is 0.474. The number of fused-ring (bicyclic) bond motifs is 1. The van der Waals surface area contributed by atoms with Crippen LogP contribution in [0.25, 0.3) is 0 Å². The fourth-order valence-electron chi connectivity index (χ4n) is 4.33. The number of hydrogen-bond acceptors (Lipinski definition) is 4. The molecule has 2 aliphatic carbocycles. The summed E-state index contributed by atoms with van der Waals surface area (Å²) >= 11 is 0. The summed E-state index contributed by atoms with van der Waals surface area (Å²) in [5.41, 5.74) is 1.18. The average Bonchev–Trinajstić information content (AvgIpc) is 2.85. The molecule has 4 aliphatic rings. The Hall–Kier alpha value is -1.94. The van der Waals surface area contributed by atoms with E-state index in [1.807, 2.05) is 32.1 Å². The summed E-state index contributed by atoms with van der Waals surface area (Å²) in [7, 11) is 0. The molecule has 0 radical (unpaired) electrons. The van der Waals surface area contributed by atoms with Gasteiger partial charge in [-0.15, -0.1) is 0 Å². The lowest BCUT2D eigenvalue weighted by Gasteiger charge is -2.23. The van der Waals surface area contributed by atoms with Gasteiger partial charge in [-0.2, -0.15) is 0 Å². The predicted octanol–water partition coefficient (Wildman–Crippen LogP) is 2.81. The largest absolute Gasteiger partial charge is 0.454 e. The van der Waals surface area contributed by atoms with E-state index in [1.165, 1.54) is 0 Å². The monoisotopic (exact) mass is 312 g/mol. The first kappa shape index (κ1) is 14.6. The Morgan fingerprint density at radius 1 is 1.39 bits per heavy atom. The molecule has 0 N–H and O–H groups in total. The van der Waals surface area contributed by atoms with E-state index in [-0.39, 0.29) is 23.8 Å². The van der Waals surface area contributed by atoms with Gasteiger partial charge in [0.05, 0.1) is 0 Å². The Kier molecular flexibility index (Phi) is 2.89. The van der Waals surface area contributed by atoms with Crippen LogP contribution in [0.2, 0.25) is 0 Å². The molecule has 2 bridgehead atoms. The summed E-state index contributed by atoms with van der Waals surface area (Å²) in [5, 5.41) is 0. The molecule has 2 aliphatic heterocycles. The summed E-state index contributed by atoms with van der Waals surface area (Å²) in [4.78, 5) is 24.6. The van der Waals surface area contributed by atoms with Gasteiger partial charge in [-0.25, -0.2) is 4.79 Å². The van der Waals surface area contributed by atoms with Crippen molar-refractivity contribution in [3.05, 3.63) is 47.6 Å². The highest BCUT2D eigenvalue weighted by Crippen LogP contribution is 2.62.